The van der Waals surface area contributed by atoms with Crippen molar-refractivity contribution in [3.05, 3.63) is 58.9 Å². The molecular weight excluding hydrogens is 375 g/mol. The second-order valence-corrected chi connectivity index (χ2v) is 7.00. The monoisotopic (exact) mass is 394 g/mol. The average molecular weight is 395 g/mol. The Labute approximate surface area is 162 Å². The van der Waals surface area contributed by atoms with Crippen molar-refractivity contribution in [2.45, 2.75) is 25.5 Å². The number of nitrogens with zero attached hydrogens (tertiary/aromatic N) is 1. The van der Waals surface area contributed by atoms with Crippen LogP contribution >= 0.6 is 23.8 Å². The molecule has 1 aliphatic heterocycles. The minimum atomic E-state index is -0.478. The fraction of sp³-hybridized carbons (Fsp3) is 0.316. The van der Waals surface area contributed by atoms with Crippen LogP contribution in [0.2, 0.25) is 5.02 Å². The minimum absolute atomic E-state index is 0.0316. The molecule has 0 spiro atoms. The Bertz CT molecular complexity index is 784. The lowest BCUT2D eigenvalue weighted by Crippen LogP contribution is -2.39. The van der Waals surface area contributed by atoms with Gasteiger partial charge in [-0.15, -0.1) is 0 Å². The van der Waals surface area contributed by atoms with E-state index in [4.69, 9.17) is 28.6 Å². The van der Waals surface area contributed by atoms with Crippen LogP contribution in [0.1, 0.15) is 18.4 Å². The van der Waals surface area contributed by atoms with Gasteiger partial charge in [0, 0.05) is 30.9 Å². The molecule has 0 aromatic heterocycles. The summed E-state index contributed by atoms with van der Waals surface area (Å²) >= 11 is 11.4. The summed E-state index contributed by atoms with van der Waals surface area (Å²) in [6.45, 7) is 1.80. The lowest BCUT2D eigenvalue weighted by molar-refractivity contribution is 0.0904. The number of phenolic OH excluding ortho intramolecular Hbond substituents is 1. The van der Waals surface area contributed by atoms with Gasteiger partial charge >= 0.3 is 0 Å². The molecular formula is C19H20ClFN2O2S. The van der Waals surface area contributed by atoms with Gasteiger partial charge in [0.15, 0.2) is 5.11 Å². The molecule has 0 amide bonds. The number of nitrogens with one attached hydrogen (secondary N) is 1. The summed E-state index contributed by atoms with van der Waals surface area (Å²) < 4.78 is 19.1. The summed E-state index contributed by atoms with van der Waals surface area (Å²) in [5.74, 6) is -0.258. The van der Waals surface area contributed by atoms with E-state index in [9.17, 15) is 9.50 Å². The maximum Gasteiger partial charge on any atom is 0.173 e. The predicted octanol–water partition coefficient (Wildman–Crippen LogP) is 4.56. The van der Waals surface area contributed by atoms with Crippen LogP contribution in [0.3, 0.4) is 0 Å². The summed E-state index contributed by atoms with van der Waals surface area (Å²) in [5, 5.41) is 13.7. The number of aromatic hydroxyl groups is 1. The Balaban J connectivity index is 1.75. The number of rotatable bonds is 5. The van der Waals surface area contributed by atoms with Gasteiger partial charge in [-0.1, -0.05) is 29.8 Å². The molecule has 0 bridgehead atoms. The molecule has 4 nitrogen and oxygen atoms in total. The van der Waals surface area contributed by atoms with E-state index in [0.29, 0.717) is 23.9 Å². The van der Waals surface area contributed by atoms with Crippen molar-refractivity contribution in [2.24, 2.45) is 0 Å². The zero-order valence-electron chi connectivity index (χ0n) is 14.1. The van der Waals surface area contributed by atoms with Crippen LogP contribution in [0.4, 0.5) is 10.1 Å². The first-order valence-electron chi connectivity index (χ1n) is 8.42. The van der Waals surface area contributed by atoms with Crippen molar-refractivity contribution >= 4 is 34.6 Å². The van der Waals surface area contributed by atoms with E-state index in [1.165, 1.54) is 12.1 Å². The topological polar surface area (TPSA) is 44.7 Å². The molecule has 0 unspecified atom stereocenters. The highest BCUT2D eigenvalue weighted by molar-refractivity contribution is 7.80. The standard InChI is InChI=1S/C19H20ClFN2O2S/c20-16-10-14(7-8-17(16)21)22-19(26)23(12-15-5-3-9-25-15)11-13-4-1-2-6-18(13)24/h1-2,4,6-8,10,15,24H,3,5,9,11-12H2,(H,22,26)/t15-/m1/s1. The number of anilines is 1. The zero-order valence-corrected chi connectivity index (χ0v) is 15.7. The van der Waals surface area contributed by atoms with Crippen molar-refractivity contribution in [3.63, 3.8) is 0 Å². The maximum absolute atomic E-state index is 13.3. The molecule has 1 aliphatic rings. The largest absolute Gasteiger partial charge is 0.508 e. The Morgan fingerprint density at radius 3 is 2.85 bits per heavy atom. The Hall–Kier alpha value is -1.89. The first-order valence-corrected chi connectivity index (χ1v) is 9.21. The molecule has 1 saturated heterocycles. The van der Waals surface area contributed by atoms with E-state index in [-0.39, 0.29) is 16.9 Å². The third kappa shape index (κ3) is 4.84. The van der Waals surface area contributed by atoms with Crippen molar-refractivity contribution in [1.29, 1.82) is 0 Å². The molecule has 2 N–H and O–H groups in total. The second-order valence-electron chi connectivity index (χ2n) is 6.20. The smallest absolute Gasteiger partial charge is 0.173 e. The molecule has 1 atom stereocenters. The van der Waals surface area contributed by atoms with Gasteiger partial charge in [-0.2, -0.15) is 0 Å². The van der Waals surface area contributed by atoms with E-state index in [1.807, 2.05) is 17.0 Å². The molecule has 3 rings (SSSR count). The van der Waals surface area contributed by atoms with Crippen LogP contribution in [0.25, 0.3) is 0 Å². The van der Waals surface area contributed by atoms with Crippen LogP contribution in [0.15, 0.2) is 42.5 Å². The summed E-state index contributed by atoms with van der Waals surface area (Å²) in [6.07, 6.45) is 2.10. The molecule has 1 heterocycles. The summed E-state index contributed by atoms with van der Waals surface area (Å²) in [5.41, 5.74) is 1.38. The second kappa shape index (κ2) is 8.66. The van der Waals surface area contributed by atoms with Gasteiger partial charge in [0.25, 0.3) is 0 Å². The van der Waals surface area contributed by atoms with Crippen LogP contribution in [0, 0.1) is 5.82 Å². The third-order valence-electron chi connectivity index (χ3n) is 4.26. The van der Waals surface area contributed by atoms with E-state index in [0.717, 1.165) is 25.0 Å². The molecule has 2 aromatic carbocycles. The number of para-hydroxylation sites is 1. The van der Waals surface area contributed by atoms with E-state index >= 15 is 0 Å². The molecule has 0 radical (unpaired) electrons. The first-order chi connectivity index (χ1) is 12.5. The van der Waals surface area contributed by atoms with E-state index in [1.54, 1.807) is 18.2 Å². The maximum atomic E-state index is 13.3. The van der Waals surface area contributed by atoms with Crippen LogP contribution < -0.4 is 5.32 Å². The predicted molar refractivity (Wildman–Crippen MR) is 105 cm³/mol. The lowest BCUT2D eigenvalue weighted by Gasteiger charge is -2.28. The van der Waals surface area contributed by atoms with E-state index < -0.39 is 5.82 Å². The van der Waals surface area contributed by atoms with E-state index in [2.05, 4.69) is 5.32 Å². The number of benzene rings is 2. The van der Waals surface area contributed by atoms with Gasteiger partial charge in [-0.25, -0.2) is 4.39 Å². The van der Waals surface area contributed by atoms with Crippen molar-refractivity contribution < 1.29 is 14.2 Å². The van der Waals surface area contributed by atoms with Gasteiger partial charge < -0.3 is 20.1 Å². The lowest BCUT2D eigenvalue weighted by atomic mass is 10.1. The average Bonchev–Trinajstić information content (AvgIpc) is 3.12. The zero-order chi connectivity index (χ0) is 18.5. The van der Waals surface area contributed by atoms with Gasteiger partial charge in [0.1, 0.15) is 11.6 Å². The molecule has 1 fully saturated rings. The SMILES string of the molecule is Oc1ccccc1CN(C[C@H]1CCCO1)C(=S)Nc1ccc(F)c(Cl)c1. The Kier molecular flexibility index (Phi) is 6.29. The molecule has 26 heavy (non-hydrogen) atoms. The fourth-order valence-corrected chi connectivity index (χ4v) is 3.32. The quantitative estimate of drug-likeness (QED) is 0.728. The number of hydrogen-bond donors (Lipinski definition) is 2. The normalized spacial score (nSPS) is 16.5. The summed E-state index contributed by atoms with van der Waals surface area (Å²) in [7, 11) is 0. The first kappa shape index (κ1) is 18.9. The van der Waals surface area contributed by atoms with Crippen LogP contribution in [-0.2, 0) is 11.3 Å². The van der Waals surface area contributed by atoms with Gasteiger partial charge in [-0.3, -0.25) is 0 Å². The highest BCUT2D eigenvalue weighted by Crippen LogP contribution is 2.23. The molecule has 7 heteroatoms. The number of thiocarbonyl (C=S) groups is 1. The van der Waals surface area contributed by atoms with Crippen molar-refractivity contribution in [3.8, 4) is 5.75 Å². The Morgan fingerprint density at radius 1 is 1.35 bits per heavy atom. The summed E-state index contributed by atoms with van der Waals surface area (Å²) in [6, 6.07) is 11.5. The number of halogens is 2. The fourth-order valence-electron chi connectivity index (χ4n) is 2.88. The van der Waals surface area contributed by atoms with Gasteiger partial charge in [0.2, 0.25) is 0 Å². The van der Waals surface area contributed by atoms with Crippen LogP contribution in [-0.4, -0.2) is 34.4 Å². The minimum Gasteiger partial charge on any atom is -0.508 e. The highest BCUT2D eigenvalue weighted by Gasteiger charge is 2.22. The number of hydrogen-bond acceptors (Lipinski definition) is 3. The third-order valence-corrected chi connectivity index (χ3v) is 4.91. The highest BCUT2D eigenvalue weighted by atomic mass is 35.5. The Morgan fingerprint density at radius 2 is 2.15 bits per heavy atom. The molecule has 0 saturated carbocycles. The number of phenols is 1. The van der Waals surface area contributed by atoms with Crippen molar-refractivity contribution in [2.75, 3.05) is 18.5 Å². The van der Waals surface area contributed by atoms with Crippen LogP contribution in [0.5, 0.6) is 5.75 Å². The van der Waals surface area contributed by atoms with Crippen molar-refractivity contribution in [1.82, 2.24) is 4.90 Å². The van der Waals surface area contributed by atoms with Gasteiger partial charge in [-0.05, 0) is 49.3 Å². The molecule has 2 aromatic rings. The molecule has 138 valence electrons. The number of ether oxygens (including phenoxy) is 1. The summed E-state index contributed by atoms with van der Waals surface area (Å²) in [4.78, 5) is 1.94. The molecule has 0 aliphatic carbocycles. The van der Waals surface area contributed by atoms with Gasteiger partial charge in [0.05, 0.1) is 11.1 Å².